The highest BCUT2D eigenvalue weighted by molar-refractivity contribution is 5.68. The lowest BCUT2D eigenvalue weighted by molar-refractivity contribution is -0.140. The summed E-state index contributed by atoms with van der Waals surface area (Å²) in [7, 11) is 1.37. The van der Waals surface area contributed by atoms with Gasteiger partial charge in [0.15, 0.2) is 5.75 Å². The molecule has 0 unspecified atom stereocenters. The number of rotatable bonds is 6. The van der Waals surface area contributed by atoms with Crippen LogP contribution in [-0.2, 0) is 16.0 Å². The van der Waals surface area contributed by atoms with Crippen molar-refractivity contribution in [3.05, 3.63) is 28.3 Å². The monoisotopic (exact) mass is 240 g/mol. The maximum Gasteiger partial charge on any atom is 0.305 e. The first-order valence-electron chi connectivity index (χ1n) is 5.51. The summed E-state index contributed by atoms with van der Waals surface area (Å²) < 4.78 is 9.56. The van der Waals surface area contributed by atoms with E-state index in [-0.39, 0.29) is 11.7 Å². The van der Waals surface area contributed by atoms with E-state index in [2.05, 4.69) is 4.74 Å². The van der Waals surface area contributed by atoms with Crippen LogP contribution in [-0.4, -0.2) is 18.2 Å². The topological polar surface area (TPSA) is 76.7 Å². The average Bonchev–Trinajstić information content (AvgIpc) is 2.33. The second-order valence-corrected chi connectivity index (χ2v) is 3.73. The number of hydrogen-bond acceptors (Lipinski definition) is 5. The average molecular weight is 240 g/mol. The molecule has 0 atom stereocenters. The van der Waals surface area contributed by atoms with E-state index in [4.69, 9.17) is 9.52 Å². The predicted octanol–water partition coefficient (Wildman–Crippen LogP) is 1.62. The summed E-state index contributed by atoms with van der Waals surface area (Å²) in [4.78, 5) is 21.9. The summed E-state index contributed by atoms with van der Waals surface area (Å²) in [5.41, 5.74) is -0.430. The third-order valence-corrected chi connectivity index (χ3v) is 2.40. The van der Waals surface area contributed by atoms with E-state index in [0.717, 1.165) is 25.5 Å². The molecule has 0 spiro atoms. The molecule has 1 rings (SSSR count). The van der Waals surface area contributed by atoms with Crippen molar-refractivity contribution >= 4 is 5.97 Å². The molecule has 0 aliphatic rings. The van der Waals surface area contributed by atoms with Crippen LogP contribution in [0.3, 0.4) is 0 Å². The van der Waals surface area contributed by atoms with Crippen molar-refractivity contribution in [2.45, 2.75) is 32.1 Å². The van der Waals surface area contributed by atoms with E-state index in [1.54, 1.807) is 0 Å². The number of aryl methyl sites for hydroxylation is 1. The molecule has 1 heterocycles. The largest absolute Gasteiger partial charge is 0.502 e. The van der Waals surface area contributed by atoms with Crippen LogP contribution in [0.1, 0.15) is 31.4 Å². The van der Waals surface area contributed by atoms with Crippen LogP contribution in [0.25, 0.3) is 0 Å². The van der Waals surface area contributed by atoms with Gasteiger partial charge in [-0.2, -0.15) is 0 Å². The van der Waals surface area contributed by atoms with Crippen LogP contribution < -0.4 is 5.43 Å². The van der Waals surface area contributed by atoms with Crippen molar-refractivity contribution < 1.29 is 19.1 Å². The van der Waals surface area contributed by atoms with Crippen molar-refractivity contribution in [2.24, 2.45) is 0 Å². The van der Waals surface area contributed by atoms with Gasteiger partial charge in [-0.3, -0.25) is 9.59 Å². The van der Waals surface area contributed by atoms with E-state index in [0.29, 0.717) is 18.6 Å². The zero-order valence-electron chi connectivity index (χ0n) is 9.77. The van der Waals surface area contributed by atoms with Crippen molar-refractivity contribution in [1.82, 2.24) is 0 Å². The molecule has 94 valence electrons. The van der Waals surface area contributed by atoms with Gasteiger partial charge in [0.25, 0.3) is 0 Å². The summed E-state index contributed by atoms with van der Waals surface area (Å²) >= 11 is 0. The Hall–Kier alpha value is -1.78. The fourth-order valence-electron chi connectivity index (χ4n) is 1.42. The summed E-state index contributed by atoms with van der Waals surface area (Å²) in [6, 6.07) is 1.29. The fourth-order valence-corrected chi connectivity index (χ4v) is 1.42. The third kappa shape index (κ3) is 4.72. The van der Waals surface area contributed by atoms with Crippen molar-refractivity contribution in [2.75, 3.05) is 7.11 Å². The Labute approximate surface area is 99.0 Å². The molecule has 17 heavy (non-hydrogen) atoms. The summed E-state index contributed by atoms with van der Waals surface area (Å²) in [6.45, 7) is 0. The lowest BCUT2D eigenvalue weighted by Gasteiger charge is -2.01. The van der Waals surface area contributed by atoms with Gasteiger partial charge in [-0.15, -0.1) is 0 Å². The minimum Gasteiger partial charge on any atom is -0.502 e. The molecule has 1 N–H and O–H groups in total. The Morgan fingerprint density at radius 1 is 1.41 bits per heavy atom. The van der Waals surface area contributed by atoms with Crippen LogP contribution in [0, 0.1) is 0 Å². The molecule has 5 heteroatoms. The molecule has 0 aliphatic carbocycles. The van der Waals surface area contributed by atoms with Crippen molar-refractivity contribution in [3.8, 4) is 5.75 Å². The van der Waals surface area contributed by atoms with Crippen molar-refractivity contribution in [3.63, 3.8) is 0 Å². The third-order valence-electron chi connectivity index (χ3n) is 2.40. The quantitative estimate of drug-likeness (QED) is 0.604. The Balaban J connectivity index is 2.24. The number of methoxy groups -OCH3 is 1. The van der Waals surface area contributed by atoms with Gasteiger partial charge < -0.3 is 14.3 Å². The van der Waals surface area contributed by atoms with Gasteiger partial charge >= 0.3 is 5.97 Å². The Kier molecular flexibility index (Phi) is 5.26. The van der Waals surface area contributed by atoms with Crippen molar-refractivity contribution in [1.29, 1.82) is 0 Å². The highest BCUT2D eigenvalue weighted by atomic mass is 16.5. The normalized spacial score (nSPS) is 10.2. The van der Waals surface area contributed by atoms with E-state index < -0.39 is 5.43 Å². The number of hydrogen-bond donors (Lipinski definition) is 1. The van der Waals surface area contributed by atoms with Gasteiger partial charge in [0.05, 0.1) is 7.11 Å². The molecule has 1 aromatic heterocycles. The number of carbonyl (C=O) groups is 1. The maximum absolute atomic E-state index is 11.1. The molecule has 0 saturated carbocycles. The van der Waals surface area contributed by atoms with Gasteiger partial charge in [-0.05, 0) is 12.8 Å². The molecule has 0 fully saturated rings. The molecule has 5 nitrogen and oxygen atoms in total. The Bertz CT molecular complexity index is 421. The van der Waals surface area contributed by atoms with E-state index >= 15 is 0 Å². The molecule has 0 aromatic carbocycles. The van der Waals surface area contributed by atoms with Crippen LogP contribution in [0.5, 0.6) is 5.75 Å². The molecular formula is C12H16O5. The lowest BCUT2D eigenvalue weighted by atomic mass is 10.1. The summed E-state index contributed by atoms with van der Waals surface area (Å²) in [5.74, 6) is -0.0357. The first kappa shape index (κ1) is 13.3. The lowest BCUT2D eigenvalue weighted by Crippen LogP contribution is -2.01. The Morgan fingerprint density at radius 3 is 2.82 bits per heavy atom. The molecule has 0 bridgehead atoms. The number of esters is 1. The minimum atomic E-state index is -0.430. The van der Waals surface area contributed by atoms with Gasteiger partial charge in [-0.1, -0.05) is 6.42 Å². The second kappa shape index (κ2) is 6.73. The number of ether oxygens (including phenoxy) is 1. The first-order chi connectivity index (χ1) is 8.13. The second-order valence-electron chi connectivity index (χ2n) is 3.73. The first-order valence-corrected chi connectivity index (χ1v) is 5.51. The van der Waals surface area contributed by atoms with Crippen LogP contribution >= 0.6 is 0 Å². The standard InChI is InChI=1S/C12H16O5/c1-16-12(15)6-4-2-3-5-9-7-10(13)11(14)8-17-9/h7-8,14H,2-6H2,1H3. The van der Waals surface area contributed by atoms with Crippen LogP contribution in [0.4, 0.5) is 0 Å². The van der Waals surface area contributed by atoms with Crippen LogP contribution in [0.2, 0.25) is 0 Å². The van der Waals surface area contributed by atoms with Gasteiger partial charge in [0.2, 0.25) is 5.43 Å². The molecular weight excluding hydrogens is 224 g/mol. The van der Waals surface area contributed by atoms with Gasteiger partial charge in [0, 0.05) is 18.9 Å². The minimum absolute atomic E-state index is 0.207. The van der Waals surface area contributed by atoms with E-state index in [9.17, 15) is 9.59 Å². The van der Waals surface area contributed by atoms with Gasteiger partial charge in [-0.25, -0.2) is 0 Å². The maximum atomic E-state index is 11.1. The highest BCUT2D eigenvalue weighted by Gasteiger charge is 2.03. The number of aromatic hydroxyl groups is 1. The molecule has 1 aromatic rings. The molecule has 0 aliphatic heterocycles. The number of carbonyl (C=O) groups excluding carboxylic acids is 1. The zero-order chi connectivity index (χ0) is 12.7. The Morgan fingerprint density at radius 2 is 2.18 bits per heavy atom. The van der Waals surface area contributed by atoms with E-state index in [1.807, 2.05) is 0 Å². The smallest absolute Gasteiger partial charge is 0.305 e. The van der Waals surface area contributed by atoms with E-state index in [1.165, 1.54) is 13.2 Å². The molecule has 0 saturated heterocycles. The van der Waals surface area contributed by atoms with Crippen LogP contribution in [0.15, 0.2) is 21.5 Å². The fraction of sp³-hybridized carbons (Fsp3) is 0.500. The summed E-state index contributed by atoms with van der Waals surface area (Å²) in [5, 5.41) is 8.98. The van der Waals surface area contributed by atoms with Gasteiger partial charge in [0.1, 0.15) is 12.0 Å². The zero-order valence-corrected chi connectivity index (χ0v) is 9.77. The molecule has 0 amide bonds. The number of unbranched alkanes of at least 4 members (excludes halogenated alkanes) is 2. The SMILES string of the molecule is COC(=O)CCCCCc1cc(=O)c(O)co1. The summed E-state index contributed by atoms with van der Waals surface area (Å²) in [6.07, 6.45) is 4.53. The molecule has 0 radical (unpaired) electrons. The highest BCUT2D eigenvalue weighted by Crippen LogP contribution is 2.09. The predicted molar refractivity (Wildman–Crippen MR) is 60.8 cm³/mol.